The minimum atomic E-state index is -5.18. The Morgan fingerprint density at radius 1 is 1.00 bits per heavy atom. The van der Waals surface area contributed by atoms with Crippen LogP contribution in [0.3, 0.4) is 0 Å². The molecule has 4 aromatic rings. The second kappa shape index (κ2) is 8.57. The average molecular weight is 490 g/mol. The smallest absolute Gasteiger partial charge is 0.491 e. The minimum absolute atomic E-state index is 0.115. The minimum Gasteiger partial charge on any atom is -0.497 e. The lowest BCUT2D eigenvalue weighted by molar-refractivity contribution is -0.0391. The maximum Gasteiger partial charge on any atom is 0.491 e. The van der Waals surface area contributed by atoms with E-state index in [0.29, 0.717) is 20.7 Å². The van der Waals surface area contributed by atoms with Gasteiger partial charge in [-0.05, 0) is 53.9 Å². The van der Waals surface area contributed by atoms with E-state index in [0.717, 1.165) is 23.8 Å². The molecule has 0 aliphatic heterocycles. The van der Waals surface area contributed by atoms with Crippen LogP contribution >= 0.6 is 0 Å². The number of fused-ring (bicyclic) bond motifs is 1. The summed E-state index contributed by atoms with van der Waals surface area (Å²) in [6.07, 6.45) is 0. The molecule has 0 aliphatic rings. The van der Waals surface area contributed by atoms with Gasteiger partial charge in [0.25, 0.3) is 0 Å². The molecule has 174 valence electrons. The van der Waals surface area contributed by atoms with Crippen LogP contribution in [-0.2, 0) is 11.0 Å². The highest BCUT2D eigenvalue weighted by atomic mass is 32.2. The molecule has 0 radical (unpaired) electrons. The van der Waals surface area contributed by atoms with Crippen LogP contribution in [0, 0.1) is 29.9 Å². The second-order valence-electron chi connectivity index (χ2n) is 7.40. The third-order valence-corrected chi connectivity index (χ3v) is 6.42. The average Bonchev–Trinajstić information content (AvgIpc) is 3.14. The van der Waals surface area contributed by atoms with E-state index in [-0.39, 0.29) is 16.7 Å². The van der Waals surface area contributed by atoms with Gasteiger partial charge in [-0.1, -0.05) is 12.1 Å². The Bertz CT molecular complexity index is 1480. The molecule has 0 saturated carbocycles. The predicted octanol–water partition coefficient (Wildman–Crippen LogP) is 6.47. The van der Waals surface area contributed by atoms with Gasteiger partial charge in [-0.25, -0.2) is 13.0 Å². The summed E-state index contributed by atoms with van der Waals surface area (Å²) in [4.78, 5) is 0. The molecule has 0 amide bonds. The first-order chi connectivity index (χ1) is 16.0. The Kier molecular flexibility index (Phi) is 5.91. The van der Waals surface area contributed by atoms with E-state index in [1.807, 2.05) is 6.07 Å². The molecule has 0 N–H and O–H groups in total. The topological polar surface area (TPSA) is 55.0 Å². The Labute approximate surface area is 193 Å². The maximum absolute atomic E-state index is 14.8. The molecule has 4 nitrogen and oxygen atoms in total. The number of aryl methyl sites for hydroxylation is 1. The molecule has 0 fully saturated rings. The Balaban J connectivity index is 2.00. The van der Waals surface area contributed by atoms with Crippen LogP contribution in [0.25, 0.3) is 33.3 Å². The van der Waals surface area contributed by atoms with Crippen molar-refractivity contribution in [3.8, 4) is 34.2 Å². The highest BCUT2D eigenvalue weighted by Gasteiger charge is 2.41. The van der Waals surface area contributed by atoms with Crippen LogP contribution < -0.4 is 4.74 Å². The van der Waals surface area contributed by atoms with Crippen molar-refractivity contribution in [2.75, 3.05) is 7.11 Å². The number of nitrogens with zero attached hydrogens (tertiary/aromatic N) is 2. The monoisotopic (exact) mass is 490 g/mol. The molecular weight excluding hydrogens is 475 g/mol. The molecule has 0 bridgehead atoms. The highest BCUT2D eigenvalue weighted by Crippen LogP contribution is 2.38. The van der Waals surface area contributed by atoms with E-state index >= 15 is 0 Å². The SMILES string of the molecule is COc1cc(F)c(-c2cc3cc(-c4ccc(C#N)cc4C)ccc3n2S(=O)C(F)(F)F)c(F)c1. The third kappa shape index (κ3) is 4.03. The molecule has 4 rings (SSSR count). The van der Waals surface area contributed by atoms with Gasteiger partial charge in [-0.3, -0.25) is 3.97 Å². The Morgan fingerprint density at radius 3 is 2.24 bits per heavy atom. The molecule has 0 spiro atoms. The number of benzene rings is 3. The summed E-state index contributed by atoms with van der Waals surface area (Å²) >= 11 is 0. The lowest BCUT2D eigenvalue weighted by atomic mass is 9.98. The zero-order valence-electron chi connectivity index (χ0n) is 17.7. The van der Waals surface area contributed by atoms with Crippen LogP contribution in [-0.4, -0.2) is 20.8 Å². The van der Waals surface area contributed by atoms with E-state index in [4.69, 9.17) is 10.00 Å². The number of rotatable bonds is 4. The first-order valence-corrected chi connectivity index (χ1v) is 10.8. The third-order valence-electron chi connectivity index (χ3n) is 5.30. The van der Waals surface area contributed by atoms with Crippen LogP contribution in [0.5, 0.6) is 5.75 Å². The van der Waals surface area contributed by atoms with E-state index in [2.05, 4.69) is 0 Å². The number of aromatic nitrogens is 1. The summed E-state index contributed by atoms with van der Waals surface area (Å²) in [7, 11) is -2.43. The number of ether oxygens (including phenoxy) is 1. The van der Waals surface area contributed by atoms with Crippen molar-refractivity contribution in [1.29, 1.82) is 5.26 Å². The molecule has 10 heteroatoms. The largest absolute Gasteiger partial charge is 0.497 e. The first kappa shape index (κ1) is 23.4. The zero-order valence-corrected chi connectivity index (χ0v) is 18.5. The number of nitriles is 1. The number of alkyl halides is 3. The Morgan fingerprint density at radius 2 is 1.68 bits per heavy atom. The molecule has 1 unspecified atom stereocenters. The van der Waals surface area contributed by atoms with Gasteiger partial charge < -0.3 is 4.74 Å². The van der Waals surface area contributed by atoms with Crippen molar-refractivity contribution in [3.05, 3.63) is 77.4 Å². The molecule has 34 heavy (non-hydrogen) atoms. The summed E-state index contributed by atoms with van der Waals surface area (Å²) in [5.74, 6) is -2.48. The van der Waals surface area contributed by atoms with E-state index in [1.54, 1.807) is 25.1 Å². The van der Waals surface area contributed by atoms with Gasteiger partial charge in [-0.15, -0.1) is 0 Å². The van der Waals surface area contributed by atoms with Gasteiger partial charge in [0.15, 0.2) is 0 Å². The predicted molar refractivity (Wildman–Crippen MR) is 118 cm³/mol. The van der Waals surface area contributed by atoms with Crippen molar-refractivity contribution < 1.29 is 30.9 Å². The van der Waals surface area contributed by atoms with Gasteiger partial charge in [0.1, 0.15) is 17.4 Å². The highest BCUT2D eigenvalue weighted by molar-refractivity contribution is 7.84. The number of hydrogen-bond donors (Lipinski definition) is 0. The molecule has 3 aromatic carbocycles. The summed E-state index contributed by atoms with van der Waals surface area (Å²) in [5.41, 5.74) is -4.06. The normalized spacial score (nSPS) is 12.5. The number of halogens is 5. The quantitative estimate of drug-likeness (QED) is 0.308. The second-order valence-corrected chi connectivity index (χ2v) is 8.73. The lowest BCUT2D eigenvalue weighted by Gasteiger charge is -2.14. The Hall–Kier alpha value is -3.71. The van der Waals surface area contributed by atoms with Gasteiger partial charge in [0, 0.05) is 17.5 Å². The standard InChI is InChI=1S/C24H15F5N2O2S/c1-13-7-14(12-30)3-5-18(13)15-4-6-21-16(8-15)9-22(31(21)34(32)24(27,28)29)23-19(25)10-17(33-2)11-20(23)26/h3-11H,1-2H3. The molecule has 1 atom stereocenters. The molecule has 0 aliphatic carbocycles. The van der Waals surface area contributed by atoms with Crippen molar-refractivity contribution >= 4 is 21.9 Å². The van der Waals surface area contributed by atoms with E-state index in [1.165, 1.54) is 25.3 Å². The fourth-order valence-electron chi connectivity index (χ4n) is 3.78. The van der Waals surface area contributed by atoms with Crippen LogP contribution in [0.15, 0.2) is 54.6 Å². The molecule has 1 heterocycles. The summed E-state index contributed by atoms with van der Waals surface area (Å²) in [6.45, 7) is 1.78. The van der Waals surface area contributed by atoms with Crippen molar-refractivity contribution in [2.45, 2.75) is 12.4 Å². The van der Waals surface area contributed by atoms with Gasteiger partial charge in [0.05, 0.1) is 35.5 Å². The van der Waals surface area contributed by atoms with Gasteiger partial charge >= 0.3 is 5.51 Å². The van der Waals surface area contributed by atoms with E-state index < -0.39 is 39.4 Å². The van der Waals surface area contributed by atoms with Crippen LogP contribution in [0.4, 0.5) is 22.0 Å². The molecular formula is C24H15F5N2O2S. The van der Waals surface area contributed by atoms with Gasteiger partial charge in [-0.2, -0.15) is 18.4 Å². The molecule has 1 aromatic heterocycles. The van der Waals surface area contributed by atoms with Crippen molar-refractivity contribution in [1.82, 2.24) is 3.97 Å². The zero-order chi connectivity index (χ0) is 24.8. The number of methoxy groups -OCH3 is 1. The van der Waals surface area contributed by atoms with Crippen LogP contribution in [0.1, 0.15) is 11.1 Å². The first-order valence-electron chi connectivity index (χ1n) is 9.74. The van der Waals surface area contributed by atoms with Gasteiger partial charge in [0.2, 0.25) is 11.0 Å². The van der Waals surface area contributed by atoms with Crippen molar-refractivity contribution in [2.24, 2.45) is 0 Å². The summed E-state index contributed by atoms with van der Waals surface area (Å²) < 4.78 is 87.6. The fourth-order valence-corrected chi connectivity index (χ4v) is 4.66. The van der Waals surface area contributed by atoms with Crippen LogP contribution in [0.2, 0.25) is 0 Å². The van der Waals surface area contributed by atoms with E-state index in [9.17, 15) is 26.2 Å². The summed E-state index contributed by atoms with van der Waals surface area (Å²) in [6, 6.07) is 14.2. The summed E-state index contributed by atoms with van der Waals surface area (Å²) in [5, 5.41) is 9.26. The van der Waals surface area contributed by atoms with Crippen molar-refractivity contribution in [3.63, 3.8) is 0 Å². The molecule has 0 saturated heterocycles. The number of hydrogen-bond acceptors (Lipinski definition) is 3. The fraction of sp³-hybridized carbons (Fsp3) is 0.125. The maximum atomic E-state index is 14.8. The lowest BCUT2D eigenvalue weighted by Crippen LogP contribution is -2.23.